The summed E-state index contributed by atoms with van der Waals surface area (Å²) in [4.78, 5) is 21.5. The molecule has 2 N–H and O–H groups in total. The van der Waals surface area contributed by atoms with Gasteiger partial charge in [0.1, 0.15) is 0 Å². The molecule has 5 nitrogen and oxygen atoms in total. The number of aromatic nitrogens is 2. The predicted octanol–water partition coefficient (Wildman–Crippen LogP) is 1.24. The molecule has 20 heavy (non-hydrogen) atoms. The van der Waals surface area contributed by atoms with E-state index in [1.54, 1.807) is 6.07 Å². The van der Waals surface area contributed by atoms with Crippen LogP contribution in [0.5, 0.6) is 0 Å². The Morgan fingerprint density at radius 3 is 2.80 bits per heavy atom. The molecule has 3 rings (SSSR count). The zero-order valence-corrected chi connectivity index (χ0v) is 11.3. The average molecular weight is 270 g/mol. The van der Waals surface area contributed by atoms with E-state index in [0.29, 0.717) is 5.95 Å². The van der Waals surface area contributed by atoms with E-state index < -0.39 is 0 Å². The van der Waals surface area contributed by atoms with Crippen molar-refractivity contribution in [1.82, 2.24) is 15.3 Å². The van der Waals surface area contributed by atoms with E-state index in [0.717, 1.165) is 43.9 Å². The second-order valence-corrected chi connectivity index (χ2v) is 4.91. The lowest BCUT2D eigenvalue weighted by molar-refractivity contribution is 0.724. The molecule has 5 heteroatoms. The van der Waals surface area contributed by atoms with Gasteiger partial charge in [-0.3, -0.25) is 9.78 Å². The molecule has 0 atom stereocenters. The van der Waals surface area contributed by atoms with Crippen molar-refractivity contribution in [3.63, 3.8) is 0 Å². The third kappa shape index (κ3) is 2.88. The Labute approximate surface area is 117 Å². The maximum Gasteiger partial charge on any atom is 0.252 e. The highest BCUT2D eigenvalue weighted by atomic mass is 16.1. The zero-order chi connectivity index (χ0) is 13.8. The number of nitrogens with zero attached hydrogens (tertiary/aromatic N) is 2. The standard InChI is InChI=1S/C15H18N4O/c20-14-11-13(12-5-2-1-3-6-12)17-15(18-14)19-9-4-7-16-8-10-19/h1-3,5-6,11,16H,4,7-10H2,(H,17,18,20). The van der Waals surface area contributed by atoms with Crippen LogP contribution in [-0.4, -0.2) is 36.1 Å². The maximum absolute atomic E-state index is 11.9. The van der Waals surface area contributed by atoms with Gasteiger partial charge in [0.05, 0.1) is 5.69 Å². The highest BCUT2D eigenvalue weighted by Gasteiger charge is 2.13. The smallest absolute Gasteiger partial charge is 0.252 e. The van der Waals surface area contributed by atoms with Crippen molar-refractivity contribution in [2.45, 2.75) is 6.42 Å². The van der Waals surface area contributed by atoms with Gasteiger partial charge in [-0.05, 0) is 13.0 Å². The second kappa shape index (κ2) is 5.88. The minimum absolute atomic E-state index is 0.106. The van der Waals surface area contributed by atoms with E-state index in [9.17, 15) is 4.79 Å². The molecule has 1 fully saturated rings. The Hall–Kier alpha value is -2.14. The van der Waals surface area contributed by atoms with Crippen LogP contribution >= 0.6 is 0 Å². The highest BCUT2D eigenvalue weighted by Crippen LogP contribution is 2.17. The van der Waals surface area contributed by atoms with Crippen LogP contribution in [0, 0.1) is 0 Å². The SMILES string of the molecule is O=c1cc(-c2ccccc2)nc(N2CCCNCC2)[nH]1. The molecule has 2 heterocycles. The number of benzene rings is 1. The molecule has 1 aromatic carbocycles. The van der Waals surface area contributed by atoms with Crippen molar-refractivity contribution in [3.05, 3.63) is 46.8 Å². The Morgan fingerprint density at radius 1 is 1.10 bits per heavy atom. The third-order valence-electron chi connectivity index (χ3n) is 3.44. The highest BCUT2D eigenvalue weighted by molar-refractivity contribution is 5.59. The van der Waals surface area contributed by atoms with Gasteiger partial charge in [-0.15, -0.1) is 0 Å². The number of H-pyrrole nitrogens is 1. The van der Waals surface area contributed by atoms with Crippen molar-refractivity contribution in [3.8, 4) is 11.3 Å². The van der Waals surface area contributed by atoms with Gasteiger partial charge >= 0.3 is 0 Å². The van der Waals surface area contributed by atoms with Crippen LogP contribution in [0.4, 0.5) is 5.95 Å². The van der Waals surface area contributed by atoms with Crippen LogP contribution in [0.15, 0.2) is 41.2 Å². The molecule has 1 aliphatic heterocycles. The normalized spacial score (nSPS) is 15.9. The molecule has 0 amide bonds. The molecule has 0 saturated carbocycles. The molecule has 104 valence electrons. The lowest BCUT2D eigenvalue weighted by Gasteiger charge is -2.20. The molecule has 2 aromatic rings. The predicted molar refractivity (Wildman–Crippen MR) is 80.0 cm³/mol. The molecule has 0 unspecified atom stereocenters. The van der Waals surface area contributed by atoms with Crippen LogP contribution in [0.2, 0.25) is 0 Å². The Kier molecular flexibility index (Phi) is 3.78. The quantitative estimate of drug-likeness (QED) is 0.862. The first-order chi connectivity index (χ1) is 9.83. The van der Waals surface area contributed by atoms with Crippen LogP contribution in [-0.2, 0) is 0 Å². The second-order valence-electron chi connectivity index (χ2n) is 4.91. The number of aromatic amines is 1. The summed E-state index contributed by atoms with van der Waals surface area (Å²) in [6, 6.07) is 11.3. The van der Waals surface area contributed by atoms with E-state index in [4.69, 9.17) is 0 Å². The summed E-state index contributed by atoms with van der Waals surface area (Å²) in [6.45, 7) is 3.70. The van der Waals surface area contributed by atoms with Crippen molar-refractivity contribution in [1.29, 1.82) is 0 Å². The number of hydrogen-bond donors (Lipinski definition) is 2. The summed E-state index contributed by atoms with van der Waals surface area (Å²) in [5.41, 5.74) is 1.58. The third-order valence-corrected chi connectivity index (χ3v) is 3.44. The minimum Gasteiger partial charge on any atom is -0.341 e. The van der Waals surface area contributed by atoms with Crippen molar-refractivity contribution in [2.24, 2.45) is 0 Å². The molecular weight excluding hydrogens is 252 g/mol. The molecule has 0 aliphatic carbocycles. The Balaban J connectivity index is 1.96. The van der Waals surface area contributed by atoms with Gasteiger partial charge in [0.15, 0.2) is 0 Å². The molecule has 1 aromatic heterocycles. The topological polar surface area (TPSA) is 61.0 Å². The van der Waals surface area contributed by atoms with E-state index in [1.165, 1.54) is 0 Å². The van der Waals surface area contributed by atoms with E-state index in [2.05, 4.69) is 20.2 Å². The van der Waals surface area contributed by atoms with Crippen molar-refractivity contribution < 1.29 is 0 Å². The first-order valence-corrected chi connectivity index (χ1v) is 6.95. The lowest BCUT2D eigenvalue weighted by Crippen LogP contribution is -2.31. The van der Waals surface area contributed by atoms with Crippen LogP contribution in [0.25, 0.3) is 11.3 Å². The number of nitrogens with one attached hydrogen (secondary N) is 2. The van der Waals surface area contributed by atoms with Gasteiger partial charge in [-0.25, -0.2) is 4.98 Å². The van der Waals surface area contributed by atoms with Crippen molar-refractivity contribution >= 4 is 5.95 Å². The summed E-state index contributed by atoms with van der Waals surface area (Å²) in [5, 5.41) is 3.35. The first-order valence-electron chi connectivity index (χ1n) is 6.95. The molecule has 0 spiro atoms. The summed E-state index contributed by atoms with van der Waals surface area (Å²) < 4.78 is 0. The maximum atomic E-state index is 11.9. The monoisotopic (exact) mass is 270 g/mol. The Bertz CT molecular complexity index is 615. The van der Waals surface area contributed by atoms with Gasteiger partial charge in [-0.1, -0.05) is 30.3 Å². The van der Waals surface area contributed by atoms with Gasteiger partial charge in [0.2, 0.25) is 5.95 Å². The summed E-state index contributed by atoms with van der Waals surface area (Å²) in [6.07, 6.45) is 1.05. The number of rotatable bonds is 2. The molecular formula is C15H18N4O. The summed E-state index contributed by atoms with van der Waals surface area (Å²) in [7, 11) is 0. The zero-order valence-electron chi connectivity index (χ0n) is 11.3. The van der Waals surface area contributed by atoms with Gasteiger partial charge in [-0.2, -0.15) is 0 Å². The van der Waals surface area contributed by atoms with Gasteiger partial charge in [0, 0.05) is 31.3 Å². The van der Waals surface area contributed by atoms with E-state index >= 15 is 0 Å². The summed E-state index contributed by atoms with van der Waals surface area (Å²) in [5.74, 6) is 0.667. The molecule has 1 saturated heterocycles. The molecule has 0 radical (unpaired) electrons. The molecule has 0 bridgehead atoms. The fourth-order valence-corrected chi connectivity index (χ4v) is 2.41. The van der Waals surface area contributed by atoms with Crippen LogP contribution in [0.3, 0.4) is 0 Å². The fraction of sp³-hybridized carbons (Fsp3) is 0.333. The largest absolute Gasteiger partial charge is 0.341 e. The van der Waals surface area contributed by atoms with Gasteiger partial charge in [0.25, 0.3) is 5.56 Å². The van der Waals surface area contributed by atoms with Crippen molar-refractivity contribution in [2.75, 3.05) is 31.1 Å². The minimum atomic E-state index is -0.106. The average Bonchev–Trinajstić information content (AvgIpc) is 2.77. The van der Waals surface area contributed by atoms with E-state index in [-0.39, 0.29) is 5.56 Å². The number of anilines is 1. The van der Waals surface area contributed by atoms with Crippen LogP contribution < -0.4 is 15.8 Å². The Morgan fingerprint density at radius 2 is 1.95 bits per heavy atom. The lowest BCUT2D eigenvalue weighted by atomic mass is 10.1. The summed E-state index contributed by atoms with van der Waals surface area (Å²) >= 11 is 0. The van der Waals surface area contributed by atoms with Crippen LogP contribution in [0.1, 0.15) is 6.42 Å². The number of hydrogen-bond acceptors (Lipinski definition) is 4. The van der Waals surface area contributed by atoms with Gasteiger partial charge < -0.3 is 10.2 Å². The fourth-order valence-electron chi connectivity index (χ4n) is 2.41. The first kappa shape index (κ1) is 12.9. The molecule has 1 aliphatic rings. The van der Waals surface area contributed by atoms with E-state index in [1.807, 2.05) is 30.3 Å².